The quantitative estimate of drug-likeness (QED) is 0.574. The number of carbonyl (C=O) groups is 2. The lowest BCUT2D eigenvalue weighted by Crippen LogP contribution is -2.48. The van der Waals surface area contributed by atoms with Crippen molar-refractivity contribution < 1.29 is 14.3 Å². The van der Waals surface area contributed by atoms with Gasteiger partial charge in [0.15, 0.2) is 5.11 Å². The Kier molecular flexibility index (Phi) is 6.96. The van der Waals surface area contributed by atoms with E-state index in [9.17, 15) is 9.59 Å². The number of carbonyl (C=O) groups excluding carboxylic acids is 2. The molecule has 0 saturated heterocycles. The highest BCUT2D eigenvalue weighted by Gasteiger charge is 2.34. The van der Waals surface area contributed by atoms with Crippen LogP contribution in [0, 0.1) is 5.92 Å². The van der Waals surface area contributed by atoms with Crippen LogP contribution in [0.1, 0.15) is 45.7 Å². The number of rotatable bonds is 6. The molecule has 2 rings (SSSR count). The molecule has 1 aliphatic rings. The van der Waals surface area contributed by atoms with Gasteiger partial charge in [-0.25, -0.2) is 4.79 Å². The Morgan fingerprint density at radius 2 is 1.89 bits per heavy atom. The summed E-state index contributed by atoms with van der Waals surface area (Å²) in [4.78, 5) is 26.3. The standard InChI is InChI=1S/C20H27N3O3S/c1-6-15-16(19(25)26-5)17(22-20(27)23(15)7-2)13-8-10-14(11-9-13)21-18(24)12(3)4/h8-12,17H,6-7H2,1-5H3,(H,21,24)(H,22,27)/t17-/m0/s1. The third kappa shape index (κ3) is 4.47. The summed E-state index contributed by atoms with van der Waals surface area (Å²) in [6.07, 6.45) is 0.666. The fraction of sp³-hybridized carbons (Fsp3) is 0.450. The molecular weight excluding hydrogens is 362 g/mol. The van der Waals surface area contributed by atoms with Crippen LogP contribution in [0.2, 0.25) is 0 Å². The topological polar surface area (TPSA) is 70.7 Å². The number of esters is 1. The van der Waals surface area contributed by atoms with Crippen molar-refractivity contribution in [1.29, 1.82) is 0 Å². The molecule has 7 heteroatoms. The van der Waals surface area contributed by atoms with E-state index in [1.54, 1.807) is 0 Å². The van der Waals surface area contributed by atoms with Crippen molar-refractivity contribution in [1.82, 2.24) is 10.2 Å². The van der Waals surface area contributed by atoms with Gasteiger partial charge < -0.3 is 20.3 Å². The van der Waals surface area contributed by atoms with Crippen molar-refractivity contribution >= 4 is 34.9 Å². The number of hydrogen-bond donors (Lipinski definition) is 2. The summed E-state index contributed by atoms with van der Waals surface area (Å²) in [5, 5.41) is 6.70. The van der Waals surface area contributed by atoms with E-state index in [-0.39, 0.29) is 17.8 Å². The van der Waals surface area contributed by atoms with Gasteiger partial charge in [-0.2, -0.15) is 0 Å². The minimum Gasteiger partial charge on any atom is -0.466 e. The molecule has 2 N–H and O–H groups in total. The molecule has 0 fully saturated rings. The van der Waals surface area contributed by atoms with Crippen LogP contribution in [0.3, 0.4) is 0 Å². The van der Waals surface area contributed by atoms with Crippen molar-refractivity contribution in [2.45, 2.75) is 40.2 Å². The second-order valence-corrected chi connectivity index (χ2v) is 6.98. The average Bonchev–Trinajstić information content (AvgIpc) is 2.66. The number of anilines is 1. The summed E-state index contributed by atoms with van der Waals surface area (Å²) in [6.45, 7) is 8.34. The number of allylic oxidation sites excluding steroid dienone is 1. The number of nitrogens with zero attached hydrogens (tertiary/aromatic N) is 1. The van der Waals surface area contributed by atoms with Gasteiger partial charge in [-0.1, -0.05) is 32.9 Å². The fourth-order valence-corrected chi connectivity index (χ4v) is 3.42. The second kappa shape index (κ2) is 8.99. The summed E-state index contributed by atoms with van der Waals surface area (Å²) < 4.78 is 5.04. The molecule has 0 spiro atoms. The largest absolute Gasteiger partial charge is 0.466 e. The number of hydrogen-bond acceptors (Lipinski definition) is 4. The van der Waals surface area contributed by atoms with E-state index < -0.39 is 6.04 Å². The second-order valence-electron chi connectivity index (χ2n) is 6.60. The predicted octanol–water partition coefficient (Wildman–Crippen LogP) is 3.37. The molecule has 1 amide bonds. The van der Waals surface area contributed by atoms with Gasteiger partial charge in [0.25, 0.3) is 0 Å². The maximum absolute atomic E-state index is 12.5. The lowest BCUT2D eigenvalue weighted by molar-refractivity contribution is -0.136. The summed E-state index contributed by atoms with van der Waals surface area (Å²) >= 11 is 5.51. The molecule has 0 aromatic heterocycles. The van der Waals surface area contributed by atoms with Crippen LogP contribution in [0.15, 0.2) is 35.5 Å². The van der Waals surface area contributed by atoms with E-state index in [0.29, 0.717) is 29.3 Å². The van der Waals surface area contributed by atoms with Gasteiger partial charge in [0.05, 0.1) is 18.7 Å². The Morgan fingerprint density at radius 1 is 1.26 bits per heavy atom. The zero-order valence-corrected chi connectivity index (χ0v) is 17.3. The monoisotopic (exact) mass is 389 g/mol. The molecule has 0 saturated carbocycles. The molecule has 0 aliphatic carbocycles. The van der Waals surface area contributed by atoms with Crippen molar-refractivity contribution in [3.63, 3.8) is 0 Å². The minimum absolute atomic E-state index is 0.0401. The summed E-state index contributed by atoms with van der Waals surface area (Å²) in [5.74, 6) is -0.507. The predicted molar refractivity (Wildman–Crippen MR) is 110 cm³/mol. The molecule has 146 valence electrons. The van der Waals surface area contributed by atoms with Crippen LogP contribution >= 0.6 is 12.2 Å². The van der Waals surface area contributed by atoms with E-state index in [1.807, 2.05) is 56.9 Å². The zero-order chi connectivity index (χ0) is 20.1. The molecule has 1 aromatic rings. The normalized spacial score (nSPS) is 17.0. The number of thiocarbonyl (C=S) groups is 1. The molecule has 1 heterocycles. The lowest BCUT2D eigenvalue weighted by atomic mass is 9.93. The average molecular weight is 390 g/mol. The summed E-state index contributed by atoms with van der Waals surface area (Å²) in [6, 6.07) is 7.03. The highest BCUT2D eigenvalue weighted by Crippen LogP contribution is 2.33. The molecular formula is C20H27N3O3S. The van der Waals surface area contributed by atoms with E-state index in [1.165, 1.54) is 7.11 Å². The Bertz CT molecular complexity index is 756. The smallest absolute Gasteiger partial charge is 0.337 e. The van der Waals surface area contributed by atoms with Crippen LogP contribution in [-0.2, 0) is 14.3 Å². The Hall–Kier alpha value is -2.41. The highest BCUT2D eigenvalue weighted by molar-refractivity contribution is 7.80. The van der Waals surface area contributed by atoms with Gasteiger partial charge in [-0.15, -0.1) is 0 Å². The van der Waals surface area contributed by atoms with Crippen LogP contribution in [0.4, 0.5) is 5.69 Å². The molecule has 0 bridgehead atoms. The van der Waals surface area contributed by atoms with E-state index in [0.717, 1.165) is 11.3 Å². The van der Waals surface area contributed by atoms with E-state index in [4.69, 9.17) is 17.0 Å². The van der Waals surface area contributed by atoms with Crippen molar-refractivity contribution in [2.75, 3.05) is 19.0 Å². The number of benzene rings is 1. The number of methoxy groups -OCH3 is 1. The molecule has 27 heavy (non-hydrogen) atoms. The van der Waals surface area contributed by atoms with Gasteiger partial charge in [-0.3, -0.25) is 4.79 Å². The van der Waals surface area contributed by atoms with Crippen LogP contribution in [-0.4, -0.2) is 35.5 Å². The molecule has 1 aliphatic heterocycles. The van der Waals surface area contributed by atoms with Crippen molar-refractivity contribution in [2.24, 2.45) is 5.92 Å². The fourth-order valence-electron chi connectivity index (χ4n) is 3.07. The SMILES string of the molecule is CCC1=C(C(=O)OC)[C@H](c2ccc(NC(=O)C(C)C)cc2)NC(=S)N1CC. The highest BCUT2D eigenvalue weighted by atomic mass is 32.1. The molecule has 6 nitrogen and oxygen atoms in total. The maximum Gasteiger partial charge on any atom is 0.337 e. The molecule has 0 unspecified atom stereocenters. The summed E-state index contributed by atoms with van der Waals surface area (Å²) in [7, 11) is 1.38. The lowest BCUT2D eigenvalue weighted by Gasteiger charge is -2.38. The zero-order valence-electron chi connectivity index (χ0n) is 16.5. The van der Waals surface area contributed by atoms with Crippen LogP contribution in [0.5, 0.6) is 0 Å². The third-order valence-corrected chi connectivity index (χ3v) is 4.87. The molecule has 1 atom stereocenters. The van der Waals surface area contributed by atoms with Gasteiger partial charge in [0, 0.05) is 23.8 Å². The third-order valence-electron chi connectivity index (χ3n) is 4.53. The number of ether oxygens (including phenoxy) is 1. The first kappa shape index (κ1) is 20.9. The van der Waals surface area contributed by atoms with Gasteiger partial charge in [0.1, 0.15) is 0 Å². The molecule has 0 radical (unpaired) electrons. The Balaban J connectivity index is 2.41. The Morgan fingerprint density at radius 3 is 2.37 bits per heavy atom. The first-order valence-corrected chi connectivity index (χ1v) is 9.54. The van der Waals surface area contributed by atoms with Gasteiger partial charge >= 0.3 is 5.97 Å². The number of nitrogens with one attached hydrogen (secondary N) is 2. The Labute approximate surface area is 166 Å². The van der Waals surface area contributed by atoms with E-state index >= 15 is 0 Å². The first-order valence-electron chi connectivity index (χ1n) is 9.14. The van der Waals surface area contributed by atoms with Crippen LogP contribution < -0.4 is 10.6 Å². The molecule has 1 aromatic carbocycles. The van der Waals surface area contributed by atoms with Gasteiger partial charge in [-0.05, 0) is 43.3 Å². The maximum atomic E-state index is 12.5. The summed E-state index contributed by atoms with van der Waals surface area (Å²) in [5.41, 5.74) is 3.03. The minimum atomic E-state index is -0.391. The van der Waals surface area contributed by atoms with Crippen molar-refractivity contribution in [3.05, 3.63) is 41.1 Å². The van der Waals surface area contributed by atoms with Gasteiger partial charge in [0.2, 0.25) is 5.91 Å². The van der Waals surface area contributed by atoms with Crippen molar-refractivity contribution in [3.8, 4) is 0 Å². The van der Waals surface area contributed by atoms with Crippen LogP contribution in [0.25, 0.3) is 0 Å². The first-order chi connectivity index (χ1) is 12.8. The number of amides is 1. The van der Waals surface area contributed by atoms with E-state index in [2.05, 4.69) is 10.6 Å².